The van der Waals surface area contributed by atoms with Crippen LogP contribution in [-0.2, 0) is 4.79 Å². The van der Waals surface area contributed by atoms with Crippen LogP contribution in [0, 0.1) is 19.7 Å². The minimum Gasteiger partial charge on any atom is -0.481 e. The summed E-state index contributed by atoms with van der Waals surface area (Å²) >= 11 is 0. The number of aryl methyl sites for hydroxylation is 2. The lowest BCUT2D eigenvalue weighted by molar-refractivity contribution is -0.127. The van der Waals surface area contributed by atoms with Crippen LogP contribution in [0.2, 0.25) is 0 Å². The molecule has 0 aliphatic rings. The molecule has 0 radical (unpaired) electrons. The lowest BCUT2D eigenvalue weighted by Crippen LogP contribution is -2.37. The van der Waals surface area contributed by atoms with Crippen LogP contribution >= 0.6 is 0 Å². The van der Waals surface area contributed by atoms with Gasteiger partial charge < -0.3 is 10.1 Å². The summed E-state index contributed by atoms with van der Waals surface area (Å²) in [4.78, 5) is 12.3. The van der Waals surface area contributed by atoms with Gasteiger partial charge in [0.05, 0.1) is 6.04 Å². The van der Waals surface area contributed by atoms with Crippen molar-refractivity contribution in [2.24, 2.45) is 0 Å². The van der Waals surface area contributed by atoms with Crippen molar-refractivity contribution in [3.8, 4) is 5.75 Å². The summed E-state index contributed by atoms with van der Waals surface area (Å²) in [5, 5.41) is 2.88. The van der Waals surface area contributed by atoms with Gasteiger partial charge in [-0.15, -0.1) is 0 Å². The van der Waals surface area contributed by atoms with Gasteiger partial charge in [-0.05, 0) is 57.0 Å². The number of carbonyl (C=O) groups excluding carboxylic acids is 1. The smallest absolute Gasteiger partial charge is 0.261 e. The second-order valence-corrected chi connectivity index (χ2v) is 5.81. The largest absolute Gasteiger partial charge is 0.481 e. The number of rotatable bonds is 5. The van der Waals surface area contributed by atoms with E-state index >= 15 is 0 Å². The maximum Gasteiger partial charge on any atom is 0.261 e. The highest BCUT2D eigenvalue weighted by atomic mass is 19.1. The van der Waals surface area contributed by atoms with Crippen molar-refractivity contribution in [1.82, 2.24) is 5.32 Å². The van der Waals surface area contributed by atoms with Gasteiger partial charge in [-0.25, -0.2) is 4.39 Å². The zero-order valence-electron chi connectivity index (χ0n) is 13.9. The van der Waals surface area contributed by atoms with E-state index in [4.69, 9.17) is 4.74 Å². The predicted molar refractivity (Wildman–Crippen MR) is 89.0 cm³/mol. The first-order valence-electron chi connectivity index (χ1n) is 7.66. The summed E-state index contributed by atoms with van der Waals surface area (Å²) in [7, 11) is 0. The fourth-order valence-corrected chi connectivity index (χ4v) is 2.34. The number of carbonyl (C=O) groups is 1. The lowest BCUT2D eigenvalue weighted by atomic mass is 10.1. The molecule has 122 valence electrons. The zero-order chi connectivity index (χ0) is 17.0. The van der Waals surface area contributed by atoms with Gasteiger partial charge in [0, 0.05) is 0 Å². The molecular formula is C19H22FNO2. The topological polar surface area (TPSA) is 38.3 Å². The Morgan fingerprint density at radius 1 is 1.09 bits per heavy atom. The van der Waals surface area contributed by atoms with E-state index in [2.05, 4.69) is 5.32 Å². The molecule has 2 unspecified atom stereocenters. The number of ether oxygens (including phenoxy) is 1. The summed E-state index contributed by atoms with van der Waals surface area (Å²) < 4.78 is 18.7. The molecule has 4 heteroatoms. The van der Waals surface area contributed by atoms with E-state index in [9.17, 15) is 9.18 Å². The van der Waals surface area contributed by atoms with Crippen molar-refractivity contribution in [1.29, 1.82) is 0 Å². The molecule has 2 rings (SSSR count). The third-order valence-electron chi connectivity index (χ3n) is 3.73. The van der Waals surface area contributed by atoms with E-state index in [1.165, 1.54) is 12.1 Å². The highest BCUT2D eigenvalue weighted by Crippen LogP contribution is 2.20. The Bertz CT molecular complexity index is 682. The van der Waals surface area contributed by atoms with Crippen molar-refractivity contribution >= 4 is 5.91 Å². The van der Waals surface area contributed by atoms with Crippen LogP contribution in [0.5, 0.6) is 5.75 Å². The van der Waals surface area contributed by atoms with Crippen LogP contribution < -0.4 is 10.1 Å². The van der Waals surface area contributed by atoms with Crippen molar-refractivity contribution in [3.05, 3.63) is 65.0 Å². The lowest BCUT2D eigenvalue weighted by Gasteiger charge is -2.20. The van der Waals surface area contributed by atoms with Crippen molar-refractivity contribution < 1.29 is 13.9 Å². The summed E-state index contributed by atoms with van der Waals surface area (Å²) in [6.45, 7) is 7.53. The normalized spacial score (nSPS) is 13.3. The molecule has 3 nitrogen and oxygen atoms in total. The standard InChI is InChI=1S/C19H22FNO2/c1-12-5-10-18(13(2)11-12)23-15(4)19(22)21-14(3)16-6-8-17(20)9-7-16/h5-11,14-15H,1-4H3,(H,21,22). The predicted octanol–water partition coefficient (Wildman–Crippen LogP) is 4.09. The van der Waals surface area contributed by atoms with E-state index < -0.39 is 6.10 Å². The van der Waals surface area contributed by atoms with Gasteiger partial charge in [0.1, 0.15) is 11.6 Å². The monoisotopic (exact) mass is 315 g/mol. The second-order valence-electron chi connectivity index (χ2n) is 5.81. The molecule has 23 heavy (non-hydrogen) atoms. The summed E-state index contributed by atoms with van der Waals surface area (Å²) in [6, 6.07) is 11.7. The number of hydrogen-bond acceptors (Lipinski definition) is 2. The molecule has 0 bridgehead atoms. The molecule has 0 aliphatic carbocycles. The van der Waals surface area contributed by atoms with Gasteiger partial charge in [0.25, 0.3) is 5.91 Å². The van der Waals surface area contributed by atoms with Crippen LogP contribution in [0.15, 0.2) is 42.5 Å². The minimum atomic E-state index is -0.612. The molecule has 0 aliphatic heterocycles. The quantitative estimate of drug-likeness (QED) is 0.902. The number of halogens is 1. The summed E-state index contributed by atoms with van der Waals surface area (Å²) in [5.41, 5.74) is 2.99. The molecule has 0 heterocycles. The van der Waals surface area contributed by atoms with E-state index in [0.29, 0.717) is 5.75 Å². The summed E-state index contributed by atoms with van der Waals surface area (Å²) in [6.07, 6.45) is -0.612. The van der Waals surface area contributed by atoms with Gasteiger partial charge in [0.15, 0.2) is 6.10 Å². The molecule has 2 atom stereocenters. The Morgan fingerprint density at radius 3 is 2.35 bits per heavy atom. The molecule has 2 aromatic carbocycles. The first-order valence-corrected chi connectivity index (χ1v) is 7.66. The van der Waals surface area contributed by atoms with Gasteiger partial charge >= 0.3 is 0 Å². The van der Waals surface area contributed by atoms with Crippen molar-refractivity contribution in [2.75, 3.05) is 0 Å². The Kier molecular flexibility index (Phi) is 5.37. The molecule has 0 saturated heterocycles. The van der Waals surface area contributed by atoms with Gasteiger partial charge in [-0.2, -0.15) is 0 Å². The highest BCUT2D eigenvalue weighted by Gasteiger charge is 2.18. The number of benzene rings is 2. The number of hydrogen-bond donors (Lipinski definition) is 1. The van der Waals surface area contributed by atoms with E-state index in [0.717, 1.165) is 16.7 Å². The van der Waals surface area contributed by atoms with Crippen LogP contribution in [0.1, 0.15) is 36.6 Å². The summed E-state index contributed by atoms with van der Waals surface area (Å²) in [5.74, 6) is 0.202. The van der Waals surface area contributed by atoms with Gasteiger partial charge in [0.2, 0.25) is 0 Å². The number of nitrogens with one attached hydrogen (secondary N) is 1. The molecular weight excluding hydrogens is 293 g/mol. The van der Waals surface area contributed by atoms with Gasteiger partial charge in [-0.3, -0.25) is 4.79 Å². The third kappa shape index (κ3) is 4.55. The average molecular weight is 315 g/mol. The molecule has 0 aromatic heterocycles. The van der Waals surface area contributed by atoms with Gasteiger partial charge in [-0.1, -0.05) is 29.8 Å². The fourth-order valence-electron chi connectivity index (χ4n) is 2.34. The molecule has 0 spiro atoms. The van der Waals surface area contributed by atoms with E-state index in [1.807, 2.05) is 39.0 Å². The van der Waals surface area contributed by atoms with Crippen LogP contribution in [0.3, 0.4) is 0 Å². The SMILES string of the molecule is Cc1ccc(OC(C)C(=O)NC(C)c2ccc(F)cc2)c(C)c1. The van der Waals surface area contributed by atoms with Crippen molar-refractivity contribution in [3.63, 3.8) is 0 Å². The first-order chi connectivity index (χ1) is 10.9. The molecule has 0 fully saturated rings. The Balaban J connectivity index is 1.98. The third-order valence-corrected chi connectivity index (χ3v) is 3.73. The second kappa shape index (κ2) is 7.27. The Labute approximate surface area is 136 Å². The van der Waals surface area contributed by atoms with Crippen molar-refractivity contribution in [2.45, 2.75) is 39.8 Å². The highest BCUT2D eigenvalue weighted by molar-refractivity contribution is 5.81. The maximum atomic E-state index is 12.9. The first kappa shape index (κ1) is 17.0. The Hall–Kier alpha value is -2.36. The molecule has 1 N–H and O–H groups in total. The van der Waals surface area contributed by atoms with Crippen LogP contribution in [0.25, 0.3) is 0 Å². The molecule has 2 aromatic rings. The zero-order valence-corrected chi connectivity index (χ0v) is 13.9. The van der Waals surface area contributed by atoms with Crippen LogP contribution in [-0.4, -0.2) is 12.0 Å². The fraction of sp³-hybridized carbons (Fsp3) is 0.316. The van der Waals surface area contributed by atoms with E-state index in [1.54, 1.807) is 19.1 Å². The van der Waals surface area contributed by atoms with E-state index in [-0.39, 0.29) is 17.8 Å². The maximum absolute atomic E-state index is 12.9. The van der Waals surface area contributed by atoms with Crippen LogP contribution in [0.4, 0.5) is 4.39 Å². The number of amides is 1. The Morgan fingerprint density at radius 2 is 1.74 bits per heavy atom. The molecule has 1 amide bonds. The average Bonchev–Trinajstić information content (AvgIpc) is 2.50. The minimum absolute atomic E-state index is 0.207. The molecule has 0 saturated carbocycles.